The molecule has 1 aliphatic rings. The summed E-state index contributed by atoms with van der Waals surface area (Å²) in [6.45, 7) is 0.635. The van der Waals surface area contributed by atoms with Crippen LogP contribution >= 0.6 is 11.6 Å². The van der Waals surface area contributed by atoms with Crippen LogP contribution < -0.4 is 9.62 Å². The van der Waals surface area contributed by atoms with Gasteiger partial charge in [-0.25, -0.2) is 8.42 Å². The van der Waals surface area contributed by atoms with Crippen molar-refractivity contribution in [3.8, 4) is 0 Å². The summed E-state index contributed by atoms with van der Waals surface area (Å²) in [7, 11) is -3.72. The third-order valence-corrected chi connectivity index (χ3v) is 6.49. The van der Waals surface area contributed by atoms with Gasteiger partial charge < -0.3 is 4.90 Å². The molecule has 0 aromatic heterocycles. The molecule has 1 N–H and O–H groups in total. The first-order valence-corrected chi connectivity index (χ1v) is 11.1. The summed E-state index contributed by atoms with van der Waals surface area (Å²) in [5.74, 6) is -0.0546. The number of anilines is 2. The van der Waals surface area contributed by atoms with Crippen LogP contribution in [0.25, 0.3) is 0 Å². The highest BCUT2D eigenvalue weighted by molar-refractivity contribution is 7.92. The first-order chi connectivity index (χ1) is 13.9. The molecule has 3 aromatic rings. The fourth-order valence-electron chi connectivity index (χ4n) is 3.44. The predicted molar refractivity (Wildman–Crippen MR) is 115 cm³/mol. The lowest BCUT2D eigenvalue weighted by atomic mass is 10.00. The van der Waals surface area contributed by atoms with Gasteiger partial charge in [0, 0.05) is 28.5 Å². The Kier molecular flexibility index (Phi) is 5.30. The van der Waals surface area contributed by atoms with Gasteiger partial charge in [-0.05, 0) is 73.0 Å². The van der Waals surface area contributed by atoms with Gasteiger partial charge in [-0.1, -0.05) is 29.8 Å². The monoisotopic (exact) mass is 426 g/mol. The maximum Gasteiger partial charge on any atom is 0.261 e. The zero-order valence-corrected chi connectivity index (χ0v) is 17.1. The van der Waals surface area contributed by atoms with E-state index in [1.807, 2.05) is 18.2 Å². The molecular formula is C22H19ClN2O3S. The van der Waals surface area contributed by atoms with Crippen LogP contribution in [0.15, 0.2) is 77.7 Å². The van der Waals surface area contributed by atoms with E-state index in [2.05, 4.69) is 4.72 Å². The normalized spacial score (nSPS) is 13.6. The molecule has 0 unspecified atom stereocenters. The Balaban J connectivity index is 1.60. The van der Waals surface area contributed by atoms with Gasteiger partial charge >= 0.3 is 0 Å². The van der Waals surface area contributed by atoms with Gasteiger partial charge in [-0.15, -0.1) is 0 Å². The minimum atomic E-state index is -3.72. The summed E-state index contributed by atoms with van der Waals surface area (Å²) in [4.78, 5) is 14.8. The third-order valence-electron chi connectivity index (χ3n) is 4.84. The predicted octanol–water partition coefficient (Wildman–Crippen LogP) is 4.73. The Labute approximate surface area is 175 Å². The number of aryl methyl sites for hydroxylation is 1. The second-order valence-corrected chi connectivity index (χ2v) is 8.95. The van der Waals surface area contributed by atoms with Crippen molar-refractivity contribution in [1.82, 2.24) is 0 Å². The number of carbonyl (C=O) groups is 1. The number of benzene rings is 3. The second kappa shape index (κ2) is 7.89. The second-order valence-electron chi connectivity index (χ2n) is 6.83. The number of rotatable bonds is 4. The van der Waals surface area contributed by atoms with E-state index in [0.717, 1.165) is 24.1 Å². The summed E-state index contributed by atoms with van der Waals surface area (Å²) >= 11 is 5.84. The van der Waals surface area contributed by atoms with E-state index in [1.165, 1.54) is 24.3 Å². The summed E-state index contributed by atoms with van der Waals surface area (Å²) in [5, 5.41) is 0.473. The topological polar surface area (TPSA) is 66.5 Å². The molecule has 1 heterocycles. The number of nitrogens with zero attached hydrogens (tertiary/aromatic N) is 1. The number of nitrogens with one attached hydrogen (secondary N) is 1. The van der Waals surface area contributed by atoms with Crippen molar-refractivity contribution >= 4 is 38.9 Å². The van der Waals surface area contributed by atoms with Crippen LogP contribution in [0.4, 0.5) is 11.4 Å². The molecule has 3 aromatic carbocycles. The average molecular weight is 427 g/mol. The average Bonchev–Trinajstić information content (AvgIpc) is 2.73. The molecule has 7 heteroatoms. The first kappa shape index (κ1) is 19.5. The lowest BCUT2D eigenvalue weighted by Crippen LogP contribution is -2.35. The Morgan fingerprint density at radius 3 is 2.41 bits per heavy atom. The summed E-state index contributed by atoms with van der Waals surface area (Å²) in [6, 6.07) is 20.4. The molecule has 5 nitrogen and oxygen atoms in total. The number of carbonyl (C=O) groups excluding carboxylic acids is 1. The Bertz CT molecular complexity index is 1150. The van der Waals surface area contributed by atoms with Crippen molar-refractivity contribution in [3.63, 3.8) is 0 Å². The minimum absolute atomic E-state index is 0.0546. The van der Waals surface area contributed by atoms with Crippen molar-refractivity contribution in [1.29, 1.82) is 0 Å². The van der Waals surface area contributed by atoms with E-state index in [4.69, 9.17) is 11.6 Å². The van der Waals surface area contributed by atoms with Gasteiger partial charge in [0.25, 0.3) is 15.9 Å². The molecule has 29 heavy (non-hydrogen) atoms. The van der Waals surface area contributed by atoms with Gasteiger partial charge in [-0.2, -0.15) is 0 Å². The number of hydrogen-bond acceptors (Lipinski definition) is 3. The van der Waals surface area contributed by atoms with E-state index in [9.17, 15) is 13.2 Å². The van der Waals surface area contributed by atoms with E-state index in [0.29, 0.717) is 22.8 Å². The van der Waals surface area contributed by atoms with Crippen LogP contribution in [0.3, 0.4) is 0 Å². The van der Waals surface area contributed by atoms with Crippen molar-refractivity contribution in [3.05, 3.63) is 88.9 Å². The molecule has 0 aliphatic carbocycles. The van der Waals surface area contributed by atoms with E-state index in [1.54, 1.807) is 35.2 Å². The van der Waals surface area contributed by atoms with Gasteiger partial charge in [-0.3, -0.25) is 9.52 Å². The maximum absolute atomic E-state index is 12.9. The van der Waals surface area contributed by atoms with Crippen LogP contribution in [-0.4, -0.2) is 20.9 Å². The van der Waals surface area contributed by atoms with Crippen molar-refractivity contribution in [2.45, 2.75) is 17.7 Å². The summed E-state index contributed by atoms with van der Waals surface area (Å²) in [5.41, 5.74) is 2.86. The van der Waals surface area contributed by atoms with Gasteiger partial charge in [0.15, 0.2) is 0 Å². The molecular weight excluding hydrogens is 408 g/mol. The van der Waals surface area contributed by atoms with Gasteiger partial charge in [0.2, 0.25) is 0 Å². The number of fused-ring (bicyclic) bond motifs is 1. The summed E-state index contributed by atoms with van der Waals surface area (Å²) < 4.78 is 27.8. The fraction of sp³-hybridized carbons (Fsp3) is 0.136. The maximum atomic E-state index is 12.9. The Hall–Kier alpha value is -2.83. The van der Waals surface area contributed by atoms with Crippen LogP contribution in [0.2, 0.25) is 5.02 Å². The quantitative estimate of drug-likeness (QED) is 0.655. The first-order valence-electron chi connectivity index (χ1n) is 9.22. The molecule has 0 radical (unpaired) electrons. The molecule has 1 amide bonds. The molecule has 0 bridgehead atoms. The fourth-order valence-corrected chi connectivity index (χ4v) is 4.61. The number of hydrogen-bond donors (Lipinski definition) is 1. The molecule has 0 spiro atoms. The molecule has 0 saturated heterocycles. The molecule has 0 atom stereocenters. The Morgan fingerprint density at radius 1 is 0.966 bits per heavy atom. The molecule has 0 fully saturated rings. The third kappa shape index (κ3) is 4.13. The zero-order valence-electron chi connectivity index (χ0n) is 15.5. The van der Waals surface area contributed by atoms with Crippen molar-refractivity contribution in [2.75, 3.05) is 16.2 Å². The van der Waals surface area contributed by atoms with E-state index >= 15 is 0 Å². The highest BCUT2D eigenvalue weighted by atomic mass is 35.5. The van der Waals surface area contributed by atoms with Gasteiger partial charge in [0.1, 0.15) is 0 Å². The zero-order chi connectivity index (χ0) is 20.4. The highest BCUT2D eigenvalue weighted by Gasteiger charge is 2.24. The van der Waals surface area contributed by atoms with Crippen LogP contribution in [0, 0.1) is 0 Å². The molecule has 1 aliphatic heterocycles. The molecule has 4 rings (SSSR count). The smallest absolute Gasteiger partial charge is 0.261 e. The summed E-state index contributed by atoms with van der Waals surface area (Å²) in [6.07, 6.45) is 1.60. The lowest BCUT2D eigenvalue weighted by Gasteiger charge is -2.30. The van der Waals surface area contributed by atoms with Crippen LogP contribution in [0.1, 0.15) is 22.3 Å². The number of halogens is 1. The van der Waals surface area contributed by atoms with Crippen LogP contribution in [0.5, 0.6) is 0 Å². The highest BCUT2D eigenvalue weighted by Crippen LogP contribution is 2.31. The SMILES string of the molecule is O=C(c1ccccc1)N1CCCc2cc(NS(=O)(=O)c3ccc(Cl)cc3)ccc21. The van der Waals surface area contributed by atoms with Crippen molar-refractivity contribution in [2.24, 2.45) is 0 Å². The Morgan fingerprint density at radius 2 is 1.69 bits per heavy atom. The standard InChI is InChI=1S/C22H19ClN2O3S/c23-18-8-11-20(12-9-18)29(27,28)24-19-10-13-21-17(15-19)7-4-14-25(21)22(26)16-5-2-1-3-6-16/h1-3,5-6,8-13,15,24H,4,7,14H2. The largest absolute Gasteiger partial charge is 0.308 e. The van der Waals surface area contributed by atoms with E-state index < -0.39 is 10.0 Å². The van der Waals surface area contributed by atoms with Gasteiger partial charge in [0.05, 0.1) is 4.90 Å². The molecule has 0 saturated carbocycles. The van der Waals surface area contributed by atoms with Crippen molar-refractivity contribution < 1.29 is 13.2 Å². The minimum Gasteiger partial charge on any atom is -0.308 e. The lowest BCUT2D eigenvalue weighted by molar-refractivity contribution is 0.0985. The van der Waals surface area contributed by atoms with E-state index in [-0.39, 0.29) is 10.8 Å². The number of sulfonamides is 1. The van der Waals surface area contributed by atoms with Crippen LogP contribution in [-0.2, 0) is 16.4 Å². The number of amides is 1. The molecule has 148 valence electrons.